The Morgan fingerprint density at radius 3 is 2.25 bits per heavy atom. The monoisotopic (exact) mass is 450 g/mol. The second-order valence-corrected chi connectivity index (χ2v) is 9.04. The third kappa shape index (κ3) is 6.34. The SMILES string of the molecule is CCCc1ccc(CCOC(F)(F)c2ccc([C@H]3CC[C@H](CCC)CC3)cc2F)c(F)c1. The first-order valence-electron chi connectivity index (χ1n) is 11.9. The van der Waals surface area contributed by atoms with Gasteiger partial charge >= 0.3 is 6.11 Å². The zero-order chi connectivity index (χ0) is 23.1. The Morgan fingerprint density at radius 2 is 1.62 bits per heavy atom. The van der Waals surface area contributed by atoms with Crippen LogP contribution in [0.25, 0.3) is 0 Å². The zero-order valence-electron chi connectivity index (χ0n) is 19.1. The molecular formula is C27H34F4O. The molecule has 0 saturated heterocycles. The second kappa shape index (κ2) is 11.3. The summed E-state index contributed by atoms with van der Waals surface area (Å²) in [6.07, 6.45) is 4.45. The number of aryl methyl sites for hydroxylation is 1. The third-order valence-corrected chi connectivity index (χ3v) is 6.63. The van der Waals surface area contributed by atoms with E-state index >= 15 is 0 Å². The highest BCUT2D eigenvalue weighted by molar-refractivity contribution is 5.29. The van der Waals surface area contributed by atoms with Crippen molar-refractivity contribution in [2.75, 3.05) is 6.61 Å². The maximum atomic E-state index is 14.6. The summed E-state index contributed by atoms with van der Waals surface area (Å²) in [7, 11) is 0. The molecule has 1 nitrogen and oxygen atoms in total. The van der Waals surface area contributed by atoms with Crippen LogP contribution >= 0.6 is 0 Å². The van der Waals surface area contributed by atoms with Gasteiger partial charge in [-0.1, -0.05) is 51.3 Å². The smallest absolute Gasteiger partial charge is 0.316 e. The van der Waals surface area contributed by atoms with E-state index in [0.717, 1.165) is 61.6 Å². The molecule has 2 aromatic rings. The van der Waals surface area contributed by atoms with Crippen molar-refractivity contribution in [3.63, 3.8) is 0 Å². The van der Waals surface area contributed by atoms with Gasteiger partial charge in [-0.2, -0.15) is 8.78 Å². The van der Waals surface area contributed by atoms with Gasteiger partial charge < -0.3 is 4.74 Å². The van der Waals surface area contributed by atoms with E-state index in [9.17, 15) is 17.6 Å². The molecule has 0 atom stereocenters. The minimum atomic E-state index is -3.76. The maximum absolute atomic E-state index is 14.6. The molecule has 5 heteroatoms. The zero-order valence-corrected chi connectivity index (χ0v) is 19.1. The van der Waals surface area contributed by atoms with Gasteiger partial charge in [-0.3, -0.25) is 0 Å². The van der Waals surface area contributed by atoms with Crippen molar-refractivity contribution in [1.82, 2.24) is 0 Å². The maximum Gasteiger partial charge on any atom is 0.386 e. The lowest BCUT2D eigenvalue weighted by molar-refractivity contribution is -0.249. The van der Waals surface area contributed by atoms with E-state index in [2.05, 4.69) is 6.92 Å². The molecule has 2 aromatic carbocycles. The van der Waals surface area contributed by atoms with Crippen molar-refractivity contribution in [3.8, 4) is 0 Å². The first kappa shape index (κ1) is 24.8. The molecule has 1 saturated carbocycles. The third-order valence-electron chi connectivity index (χ3n) is 6.63. The molecule has 0 aromatic heterocycles. The summed E-state index contributed by atoms with van der Waals surface area (Å²) < 4.78 is 62.6. The molecule has 1 aliphatic carbocycles. The van der Waals surface area contributed by atoms with Crippen LogP contribution in [0.1, 0.15) is 87.0 Å². The molecule has 32 heavy (non-hydrogen) atoms. The van der Waals surface area contributed by atoms with Crippen LogP contribution in [0.2, 0.25) is 0 Å². The lowest BCUT2D eigenvalue weighted by Crippen LogP contribution is -2.22. The Kier molecular flexibility index (Phi) is 8.75. The highest BCUT2D eigenvalue weighted by Gasteiger charge is 2.36. The predicted molar refractivity (Wildman–Crippen MR) is 120 cm³/mol. The van der Waals surface area contributed by atoms with E-state index in [1.54, 1.807) is 18.2 Å². The van der Waals surface area contributed by atoms with E-state index in [1.165, 1.54) is 25.0 Å². The molecule has 176 valence electrons. The van der Waals surface area contributed by atoms with Crippen molar-refractivity contribution >= 4 is 0 Å². The summed E-state index contributed by atoms with van der Waals surface area (Å²) in [5.74, 6) is -0.420. The highest BCUT2D eigenvalue weighted by Crippen LogP contribution is 2.39. The quantitative estimate of drug-likeness (QED) is 0.331. The molecule has 1 fully saturated rings. The molecule has 0 spiro atoms. The van der Waals surface area contributed by atoms with Crippen LogP contribution in [-0.2, 0) is 23.7 Å². The van der Waals surface area contributed by atoms with Crippen LogP contribution in [0.5, 0.6) is 0 Å². The van der Waals surface area contributed by atoms with Crippen LogP contribution in [0.15, 0.2) is 36.4 Å². The molecule has 0 N–H and O–H groups in total. The van der Waals surface area contributed by atoms with Gasteiger partial charge in [-0.05, 0) is 85.3 Å². The normalized spacial score (nSPS) is 19.3. The molecule has 0 heterocycles. The first-order chi connectivity index (χ1) is 15.3. The first-order valence-corrected chi connectivity index (χ1v) is 11.9. The molecule has 0 radical (unpaired) electrons. The van der Waals surface area contributed by atoms with Gasteiger partial charge in [0.2, 0.25) is 0 Å². The van der Waals surface area contributed by atoms with Crippen LogP contribution in [0.3, 0.4) is 0 Å². The Hall–Kier alpha value is -1.88. The van der Waals surface area contributed by atoms with Gasteiger partial charge in [0, 0.05) is 0 Å². The van der Waals surface area contributed by atoms with Crippen LogP contribution < -0.4 is 0 Å². The van der Waals surface area contributed by atoms with Crippen LogP contribution in [-0.4, -0.2) is 6.61 Å². The summed E-state index contributed by atoms with van der Waals surface area (Å²) in [6.45, 7) is 3.78. The highest BCUT2D eigenvalue weighted by atomic mass is 19.3. The molecule has 3 rings (SSSR count). The Bertz CT molecular complexity index is 872. The summed E-state index contributed by atoms with van der Waals surface area (Å²) in [5.41, 5.74) is 1.21. The standard InChI is InChI=1S/C27H34F4O/c1-3-5-19-7-10-21(11-8-19)23-13-14-24(26(29)18-23)27(30,31)32-16-15-22-12-9-20(6-4-2)17-25(22)28/h9,12-14,17-19,21H,3-8,10-11,15-16H2,1-2H3/t19-,21-. The molecule has 0 bridgehead atoms. The fourth-order valence-electron chi connectivity index (χ4n) is 4.82. The van der Waals surface area contributed by atoms with Gasteiger partial charge in [-0.25, -0.2) is 8.78 Å². The number of hydrogen-bond donors (Lipinski definition) is 0. The van der Waals surface area contributed by atoms with E-state index < -0.39 is 29.9 Å². The Labute approximate surface area is 189 Å². The van der Waals surface area contributed by atoms with Gasteiger partial charge in [0.15, 0.2) is 0 Å². The topological polar surface area (TPSA) is 9.23 Å². The van der Waals surface area contributed by atoms with Crippen molar-refractivity contribution in [1.29, 1.82) is 0 Å². The lowest BCUT2D eigenvalue weighted by atomic mass is 9.77. The van der Waals surface area contributed by atoms with E-state index in [-0.39, 0.29) is 12.3 Å². The molecular weight excluding hydrogens is 416 g/mol. The fourth-order valence-corrected chi connectivity index (χ4v) is 4.82. The number of ether oxygens (including phenoxy) is 1. The number of benzene rings is 2. The summed E-state index contributed by atoms with van der Waals surface area (Å²) in [6, 6.07) is 8.82. The minimum Gasteiger partial charge on any atom is -0.316 e. The van der Waals surface area contributed by atoms with Crippen molar-refractivity contribution < 1.29 is 22.3 Å². The largest absolute Gasteiger partial charge is 0.386 e. The van der Waals surface area contributed by atoms with Gasteiger partial charge in [0.05, 0.1) is 12.2 Å². The van der Waals surface area contributed by atoms with Crippen molar-refractivity contribution in [2.45, 2.75) is 83.7 Å². The van der Waals surface area contributed by atoms with Gasteiger partial charge in [0.1, 0.15) is 11.6 Å². The summed E-state index contributed by atoms with van der Waals surface area (Å²) in [5, 5.41) is 0. The summed E-state index contributed by atoms with van der Waals surface area (Å²) >= 11 is 0. The molecule has 0 amide bonds. The molecule has 1 aliphatic rings. The average Bonchev–Trinajstić information content (AvgIpc) is 2.76. The second-order valence-electron chi connectivity index (χ2n) is 9.04. The molecule has 0 aliphatic heterocycles. The minimum absolute atomic E-state index is 0.00542. The van der Waals surface area contributed by atoms with Crippen LogP contribution in [0, 0.1) is 17.6 Å². The van der Waals surface area contributed by atoms with Crippen molar-refractivity contribution in [3.05, 3.63) is 70.3 Å². The fraction of sp³-hybridized carbons (Fsp3) is 0.556. The number of hydrogen-bond acceptors (Lipinski definition) is 1. The average molecular weight is 451 g/mol. The van der Waals surface area contributed by atoms with Gasteiger partial charge in [-0.15, -0.1) is 0 Å². The van der Waals surface area contributed by atoms with E-state index in [4.69, 9.17) is 4.74 Å². The Balaban J connectivity index is 1.58. The Morgan fingerprint density at radius 1 is 0.875 bits per heavy atom. The lowest BCUT2D eigenvalue weighted by Gasteiger charge is -2.29. The number of alkyl halides is 2. The van der Waals surface area contributed by atoms with Crippen molar-refractivity contribution in [2.24, 2.45) is 5.92 Å². The number of halogens is 4. The van der Waals surface area contributed by atoms with Crippen LogP contribution in [0.4, 0.5) is 17.6 Å². The van der Waals surface area contributed by atoms with E-state index in [1.807, 2.05) is 6.92 Å². The molecule has 0 unspecified atom stereocenters. The number of rotatable bonds is 10. The van der Waals surface area contributed by atoms with E-state index in [0.29, 0.717) is 5.56 Å². The predicted octanol–water partition coefficient (Wildman–Crippen LogP) is 8.30. The van der Waals surface area contributed by atoms with Gasteiger partial charge in [0.25, 0.3) is 0 Å². The summed E-state index contributed by atoms with van der Waals surface area (Å²) in [4.78, 5) is 0.